The van der Waals surface area contributed by atoms with Crippen molar-refractivity contribution >= 4 is 11.8 Å². The van der Waals surface area contributed by atoms with Crippen LogP contribution in [0.3, 0.4) is 0 Å². The molecule has 0 amide bonds. The number of benzene rings is 1. The van der Waals surface area contributed by atoms with Crippen molar-refractivity contribution in [1.29, 1.82) is 0 Å². The van der Waals surface area contributed by atoms with Crippen LogP contribution in [-0.4, -0.2) is 14.8 Å². The van der Waals surface area contributed by atoms with Crippen LogP contribution in [0.4, 0.5) is 8.78 Å². The minimum Gasteiger partial charge on any atom is -0.461 e. The lowest BCUT2D eigenvalue weighted by Crippen LogP contribution is -2.08. The van der Waals surface area contributed by atoms with Crippen molar-refractivity contribution in [3.05, 3.63) is 53.8 Å². The third kappa shape index (κ3) is 3.92. The van der Waals surface area contributed by atoms with Gasteiger partial charge < -0.3 is 4.42 Å². The van der Waals surface area contributed by atoms with Gasteiger partial charge in [-0.2, -0.15) is 0 Å². The predicted molar refractivity (Wildman–Crippen MR) is 93.2 cm³/mol. The number of hydrogen-bond acceptors (Lipinski definition) is 4. The molecule has 1 unspecified atom stereocenters. The molecule has 0 fully saturated rings. The van der Waals surface area contributed by atoms with Crippen LogP contribution in [0.15, 0.2) is 46.2 Å². The summed E-state index contributed by atoms with van der Waals surface area (Å²) < 4.78 is 34.9. The van der Waals surface area contributed by atoms with Crippen molar-refractivity contribution in [2.24, 2.45) is 5.92 Å². The van der Waals surface area contributed by atoms with E-state index in [0.29, 0.717) is 34.8 Å². The highest BCUT2D eigenvalue weighted by atomic mass is 32.2. The molecule has 0 aliphatic heterocycles. The molecule has 4 nitrogen and oxygen atoms in total. The lowest BCUT2D eigenvalue weighted by molar-refractivity contribution is 0.489. The largest absolute Gasteiger partial charge is 0.461 e. The Balaban J connectivity index is 1.93. The maximum atomic E-state index is 14.0. The van der Waals surface area contributed by atoms with Crippen LogP contribution >= 0.6 is 11.8 Å². The molecule has 3 aromatic rings. The van der Waals surface area contributed by atoms with E-state index in [-0.39, 0.29) is 5.25 Å². The molecule has 0 spiro atoms. The SMILES string of the molecule is CC(C)Cn1c(SC(C)c2cc(F)ccc2F)nnc1-c1ccco1. The molecule has 132 valence electrons. The fourth-order valence-electron chi connectivity index (χ4n) is 2.54. The van der Waals surface area contributed by atoms with Gasteiger partial charge in [-0.05, 0) is 43.2 Å². The van der Waals surface area contributed by atoms with Gasteiger partial charge in [0.2, 0.25) is 0 Å². The lowest BCUT2D eigenvalue weighted by Gasteiger charge is -2.15. The summed E-state index contributed by atoms with van der Waals surface area (Å²) in [4.78, 5) is 0. The molecule has 0 saturated heterocycles. The maximum absolute atomic E-state index is 14.0. The first-order valence-electron chi connectivity index (χ1n) is 8.04. The highest BCUT2D eigenvalue weighted by Crippen LogP contribution is 2.37. The average molecular weight is 363 g/mol. The van der Waals surface area contributed by atoms with Crippen molar-refractivity contribution in [2.45, 2.75) is 37.7 Å². The molecule has 0 saturated carbocycles. The number of halogens is 2. The molecule has 0 radical (unpaired) electrons. The maximum Gasteiger partial charge on any atom is 0.200 e. The van der Waals surface area contributed by atoms with E-state index in [9.17, 15) is 8.78 Å². The van der Waals surface area contributed by atoms with Crippen LogP contribution < -0.4 is 0 Å². The monoisotopic (exact) mass is 363 g/mol. The molecule has 3 rings (SSSR count). The van der Waals surface area contributed by atoms with E-state index >= 15 is 0 Å². The summed E-state index contributed by atoms with van der Waals surface area (Å²) in [6, 6.07) is 7.11. The second kappa shape index (κ2) is 7.39. The molecular formula is C18H19F2N3OS. The molecule has 2 aromatic heterocycles. The summed E-state index contributed by atoms with van der Waals surface area (Å²) in [5, 5.41) is 8.81. The summed E-state index contributed by atoms with van der Waals surface area (Å²) in [5.41, 5.74) is 0.309. The van der Waals surface area contributed by atoms with Crippen LogP contribution in [0.2, 0.25) is 0 Å². The number of hydrogen-bond donors (Lipinski definition) is 0. The third-order valence-corrected chi connectivity index (χ3v) is 4.80. The molecule has 1 aromatic carbocycles. The molecule has 0 aliphatic carbocycles. The van der Waals surface area contributed by atoms with Gasteiger partial charge in [-0.3, -0.25) is 4.57 Å². The van der Waals surface area contributed by atoms with Gasteiger partial charge in [0.1, 0.15) is 11.6 Å². The van der Waals surface area contributed by atoms with Gasteiger partial charge in [0, 0.05) is 17.4 Å². The van der Waals surface area contributed by atoms with Crippen molar-refractivity contribution < 1.29 is 13.2 Å². The highest BCUT2D eigenvalue weighted by Gasteiger charge is 2.21. The van der Waals surface area contributed by atoms with E-state index in [4.69, 9.17) is 4.42 Å². The molecule has 0 aliphatic rings. The van der Waals surface area contributed by atoms with Crippen LogP contribution in [0.25, 0.3) is 11.6 Å². The van der Waals surface area contributed by atoms with E-state index in [1.54, 1.807) is 12.3 Å². The molecule has 1 atom stereocenters. The Labute approximate surface area is 149 Å². The van der Waals surface area contributed by atoms with Gasteiger partial charge in [-0.15, -0.1) is 10.2 Å². The Hall–Kier alpha value is -2.15. The topological polar surface area (TPSA) is 43.9 Å². The third-order valence-electron chi connectivity index (χ3n) is 3.68. The smallest absolute Gasteiger partial charge is 0.200 e. The Bertz CT molecular complexity index is 846. The Kier molecular flexibility index (Phi) is 5.22. The quantitative estimate of drug-likeness (QED) is 0.556. The number of furan rings is 1. The number of thioether (sulfide) groups is 1. The normalized spacial score (nSPS) is 12.7. The van der Waals surface area contributed by atoms with Gasteiger partial charge in [-0.1, -0.05) is 25.6 Å². The van der Waals surface area contributed by atoms with Gasteiger partial charge in [-0.25, -0.2) is 8.78 Å². The van der Waals surface area contributed by atoms with Crippen molar-refractivity contribution in [3.8, 4) is 11.6 Å². The second-order valence-electron chi connectivity index (χ2n) is 6.21. The van der Waals surface area contributed by atoms with Gasteiger partial charge in [0.25, 0.3) is 0 Å². The molecular weight excluding hydrogens is 344 g/mol. The first-order valence-corrected chi connectivity index (χ1v) is 8.92. The molecule has 7 heteroatoms. The molecule has 2 heterocycles. The molecule has 0 N–H and O–H groups in total. The van der Waals surface area contributed by atoms with Crippen LogP contribution in [0, 0.1) is 17.6 Å². The van der Waals surface area contributed by atoms with E-state index in [2.05, 4.69) is 24.0 Å². The number of aromatic nitrogens is 3. The summed E-state index contributed by atoms with van der Waals surface area (Å²) >= 11 is 1.35. The molecule has 0 bridgehead atoms. The highest BCUT2D eigenvalue weighted by molar-refractivity contribution is 7.99. The van der Waals surface area contributed by atoms with Crippen LogP contribution in [0.5, 0.6) is 0 Å². The summed E-state index contributed by atoms with van der Waals surface area (Å²) in [6.07, 6.45) is 1.58. The first-order chi connectivity index (χ1) is 12.0. The zero-order valence-corrected chi connectivity index (χ0v) is 15.1. The van der Waals surface area contributed by atoms with Gasteiger partial charge in [0.15, 0.2) is 16.7 Å². The predicted octanol–water partition coefficient (Wildman–Crippen LogP) is 5.33. The second-order valence-corrected chi connectivity index (χ2v) is 7.52. The Morgan fingerprint density at radius 1 is 1.16 bits per heavy atom. The van der Waals surface area contributed by atoms with Gasteiger partial charge >= 0.3 is 0 Å². The average Bonchev–Trinajstić information content (AvgIpc) is 3.20. The first kappa shape index (κ1) is 17.7. The van der Waals surface area contributed by atoms with E-state index in [1.165, 1.54) is 17.8 Å². The summed E-state index contributed by atoms with van der Waals surface area (Å²) in [7, 11) is 0. The Morgan fingerprint density at radius 3 is 2.64 bits per heavy atom. The summed E-state index contributed by atoms with van der Waals surface area (Å²) in [5.74, 6) is 0.745. The van der Waals surface area contributed by atoms with Crippen LogP contribution in [-0.2, 0) is 6.54 Å². The van der Waals surface area contributed by atoms with Crippen LogP contribution in [0.1, 0.15) is 31.6 Å². The zero-order chi connectivity index (χ0) is 18.0. The lowest BCUT2D eigenvalue weighted by atomic mass is 10.1. The minimum atomic E-state index is -0.455. The zero-order valence-electron chi connectivity index (χ0n) is 14.2. The van der Waals surface area contributed by atoms with Gasteiger partial charge in [0.05, 0.1) is 6.26 Å². The minimum absolute atomic E-state index is 0.309. The Morgan fingerprint density at radius 2 is 1.96 bits per heavy atom. The van der Waals surface area contributed by atoms with E-state index in [1.807, 2.05) is 17.6 Å². The number of rotatable bonds is 6. The van der Waals surface area contributed by atoms with E-state index in [0.717, 1.165) is 12.1 Å². The number of nitrogens with zero attached hydrogens (tertiary/aromatic N) is 3. The standard InChI is InChI=1S/C18H19F2N3OS/c1-11(2)10-23-17(16-5-4-8-24-16)21-22-18(23)25-12(3)14-9-13(19)6-7-15(14)20/h4-9,11-12H,10H2,1-3H3. The molecule has 25 heavy (non-hydrogen) atoms. The van der Waals surface area contributed by atoms with Crippen molar-refractivity contribution in [3.63, 3.8) is 0 Å². The fourth-order valence-corrected chi connectivity index (χ4v) is 3.54. The van der Waals surface area contributed by atoms with Crippen molar-refractivity contribution in [1.82, 2.24) is 14.8 Å². The van der Waals surface area contributed by atoms with Crippen molar-refractivity contribution in [2.75, 3.05) is 0 Å². The summed E-state index contributed by atoms with van der Waals surface area (Å²) in [6.45, 7) is 6.71. The van der Waals surface area contributed by atoms with E-state index < -0.39 is 11.6 Å². The fraction of sp³-hybridized carbons (Fsp3) is 0.333.